The van der Waals surface area contributed by atoms with Crippen LogP contribution >= 0.6 is 0 Å². The van der Waals surface area contributed by atoms with E-state index in [0.29, 0.717) is 5.92 Å². The number of rotatable bonds is 4. The number of H-pyrrole nitrogens is 1. The molecule has 1 saturated carbocycles. The van der Waals surface area contributed by atoms with Crippen molar-refractivity contribution >= 4 is 5.65 Å². The Hall–Kier alpha value is -2.99. The zero-order valence-corrected chi connectivity index (χ0v) is 14.0. The van der Waals surface area contributed by atoms with Crippen LogP contribution < -0.4 is 0 Å². The number of aromatic amines is 1. The molecule has 1 aliphatic carbocycles. The van der Waals surface area contributed by atoms with E-state index in [9.17, 15) is 9.50 Å². The summed E-state index contributed by atoms with van der Waals surface area (Å²) in [6.45, 7) is -0.0731. The van der Waals surface area contributed by atoms with E-state index in [1.165, 1.54) is 12.1 Å². The number of benzene rings is 1. The molecule has 0 spiro atoms. The van der Waals surface area contributed by atoms with Gasteiger partial charge < -0.3 is 9.51 Å². The number of hydrogen-bond acceptors (Lipinski definition) is 3. The van der Waals surface area contributed by atoms with E-state index >= 15 is 0 Å². The third-order valence-electron chi connectivity index (χ3n) is 4.93. The number of aromatic nitrogens is 4. The summed E-state index contributed by atoms with van der Waals surface area (Å²) in [7, 11) is 0. The van der Waals surface area contributed by atoms with Crippen molar-refractivity contribution in [1.29, 1.82) is 0 Å². The zero-order valence-electron chi connectivity index (χ0n) is 14.0. The van der Waals surface area contributed by atoms with Gasteiger partial charge in [0.15, 0.2) is 0 Å². The Morgan fingerprint density at radius 1 is 1.12 bits per heavy atom. The minimum absolute atomic E-state index is 0.0731. The van der Waals surface area contributed by atoms with Crippen molar-refractivity contribution in [2.45, 2.75) is 25.4 Å². The van der Waals surface area contributed by atoms with Crippen molar-refractivity contribution in [3.8, 4) is 22.4 Å². The maximum absolute atomic E-state index is 13.3. The van der Waals surface area contributed by atoms with Crippen molar-refractivity contribution in [3.63, 3.8) is 0 Å². The second-order valence-electron chi connectivity index (χ2n) is 6.70. The van der Waals surface area contributed by atoms with Crippen LogP contribution in [0.5, 0.6) is 0 Å². The second-order valence-corrected chi connectivity index (χ2v) is 6.70. The largest absolute Gasteiger partial charge is 0.390 e. The SMILES string of the molecule is OCc1cnc2ccc(-c3c(-c4ccc(F)cc4)n[nH]c3C3CC3)cn12. The summed E-state index contributed by atoms with van der Waals surface area (Å²) in [5.41, 5.74) is 6.38. The van der Waals surface area contributed by atoms with Gasteiger partial charge in [-0.05, 0) is 49.2 Å². The number of halogens is 1. The average molecular weight is 348 g/mol. The van der Waals surface area contributed by atoms with E-state index in [4.69, 9.17) is 0 Å². The molecule has 0 unspecified atom stereocenters. The Bertz CT molecular complexity index is 1090. The molecule has 0 saturated heterocycles. The summed E-state index contributed by atoms with van der Waals surface area (Å²) in [5.74, 6) is 0.225. The number of nitrogens with zero attached hydrogens (tertiary/aromatic N) is 3. The molecule has 1 fully saturated rings. The number of fused-ring (bicyclic) bond motifs is 1. The first-order valence-electron chi connectivity index (χ1n) is 8.66. The monoisotopic (exact) mass is 348 g/mol. The molecule has 5 nitrogen and oxygen atoms in total. The highest BCUT2D eigenvalue weighted by molar-refractivity contribution is 5.83. The molecule has 2 N–H and O–H groups in total. The van der Waals surface area contributed by atoms with Crippen LogP contribution in [0.2, 0.25) is 0 Å². The van der Waals surface area contributed by atoms with Crippen LogP contribution in [0.3, 0.4) is 0 Å². The summed E-state index contributed by atoms with van der Waals surface area (Å²) in [6, 6.07) is 10.4. The van der Waals surface area contributed by atoms with Gasteiger partial charge in [-0.25, -0.2) is 9.37 Å². The highest BCUT2D eigenvalue weighted by Crippen LogP contribution is 2.46. The molecule has 6 heteroatoms. The van der Waals surface area contributed by atoms with E-state index in [1.54, 1.807) is 18.3 Å². The number of imidazole rings is 1. The Kier molecular flexibility index (Phi) is 3.39. The lowest BCUT2D eigenvalue weighted by atomic mass is 9.98. The topological polar surface area (TPSA) is 66.2 Å². The van der Waals surface area contributed by atoms with Gasteiger partial charge in [0.25, 0.3) is 0 Å². The van der Waals surface area contributed by atoms with Gasteiger partial charge in [0.1, 0.15) is 17.2 Å². The van der Waals surface area contributed by atoms with Gasteiger partial charge in [-0.15, -0.1) is 0 Å². The maximum Gasteiger partial charge on any atom is 0.136 e. The zero-order chi connectivity index (χ0) is 17.7. The fourth-order valence-corrected chi connectivity index (χ4v) is 3.43. The molecule has 3 heterocycles. The van der Waals surface area contributed by atoms with Crippen LogP contribution in [0.1, 0.15) is 30.1 Å². The summed E-state index contributed by atoms with van der Waals surface area (Å²) >= 11 is 0. The van der Waals surface area contributed by atoms with E-state index in [1.807, 2.05) is 22.7 Å². The molecule has 0 amide bonds. The lowest BCUT2D eigenvalue weighted by molar-refractivity contribution is 0.276. The van der Waals surface area contributed by atoms with Crippen molar-refractivity contribution < 1.29 is 9.50 Å². The fourth-order valence-electron chi connectivity index (χ4n) is 3.43. The summed E-state index contributed by atoms with van der Waals surface area (Å²) in [4.78, 5) is 4.31. The van der Waals surface area contributed by atoms with Crippen LogP contribution in [0.4, 0.5) is 4.39 Å². The molecule has 5 rings (SSSR count). The first kappa shape index (κ1) is 15.3. The fraction of sp³-hybridized carbons (Fsp3) is 0.200. The number of hydrogen-bond donors (Lipinski definition) is 2. The third-order valence-corrected chi connectivity index (χ3v) is 4.93. The van der Waals surface area contributed by atoms with E-state index < -0.39 is 0 Å². The quantitative estimate of drug-likeness (QED) is 0.588. The van der Waals surface area contributed by atoms with Crippen molar-refractivity contribution in [1.82, 2.24) is 19.6 Å². The molecule has 26 heavy (non-hydrogen) atoms. The highest BCUT2D eigenvalue weighted by atomic mass is 19.1. The number of nitrogens with one attached hydrogen (secondary N) is 1. The lowest BCUT2D eigenvalue weighted by Crippen LogP contribution is -1.94. The summed E-state index contributed by atoms with van der Waals surface area (Å²) in [6.07, 6.45) is 5.95. The van der Waals surface area contributed by atoms with E-state index in [-0.39, 0.29) is 12.4 Å². The maximum atomic E-state index is 13.3. The van der Waals surface area contributed by atoms with Gasteiger partial charge in [0, 0.05) is 34.5 Å². The van der Waals surface area contributed by atoms with Gasteiger partial charge in [-0.3, -0.25) is 5.10 Å². The molecule has 0 atom stereocenters. The standard InChI is InChI=1S/C20H17FN4O/c21-15-6-3-13(4-7-15)20-18(19(23-24-20)12-1-2-12)14-5-8-17-22-9-16(11-26)25(17)10-14/h3-10,12,26H,1-2,11H2,(H,23,24). The Balaban J connectivity index is 1.72. The Morgan fingerprint density at radius 2 is 1.88 bits per heavy atom. The Morgan fingerprint density at radius 3 is 2.62 bits per heavy atom. The minimum atomic E-state index is -0.263. The molecule has 0 aliphatic heterocycles. The molecule has 0 bridgehead atoms. The summed E-state index contributed by atoms with van der Waals surface area (Å²) < 4.78 is 15.2. The van der Waals surface area contributed by atoms with Crippen molar-refractivity contribution in [2.75, 3.05) is 0 Å². The van der Waals surface area contributed by atoms with Crippen molar-refractivity contribution in [2.24, 2.45) is 0 Å². The van der Waals surface area contributed by atoms with Crippen LogP contribution in [0.25, 0.3) is 28.0 Å². The molecule has 0 radical (unpaired) electrons. The molecular weight excluding hydrogens is 331 g/mol. The van der Waals surface area contributed by atoms with E-state index in [0.717, 1.165) is 52.3 Å². The Labute approximate surface area is 149 Å². The van der Waals surface area contributed by atoms with Gasteiger partial charge >= 0.3 is 0 Å². The van der Waals surface area contributed by atoms with Crippen LogP contribution in [-0.2, 0) is 6.61 Å². The molecular formula is C20H17FN4O. The van der Waals surface area contributed by atoms with Gasteiger partial charge in [-0.1, -0.05) is 0 Å². The van der Waals surface area contributed by atoms with Crippen LogP contribution in [0.15, 0.2) is 48.8 Å². The third kappa shape index (κ3) is 2.42. The average Bonchev–Trinajstić information content (AvgIpc) is 3.28. The lowest BCUT2D eigenvalue weighted by Gasteiger charge is -2.08. The van der Waals surface area contributed by atoms with E-state index in [2.05, 4.69) is 15.2 Å². The molecule has 3 aromatic heterocycles. The van der Waals surface area contributed by atoms with Crippen molar-refractivity contribution in [3.05, 3.63) is 66.0 Å². The minimum Gasteiger partial charge on any atom is -0.390 e. The van der Waals surface area contributed by atoms with Crippen LogP contribution in [0, 0.1) is 5.82 Å². The molecule has 130 valence electrons. The smallest absolute Gasteiger partial charge is 0.136 e. The van der Waals surface area contributed by atoms with Crippen LogP contribution in [-0.4, -0.2) is 24.7 Å². The summed E-state index contributed by atoms with van der Waals surface area (Å²) in [5, 5.41) is 17.3. The second kappa shape index (κ2) is 5.78. The van der Waals surface area contributed by atoms with Gasteiger partial charge in [0.2, 0.25) is 0 Å². The van der Waals surface area contributed by atoms with Gasteiger partial charge in [0.05, 0.1) is 18.5 Å². The number of pyridine rings is 1. The first-order chi connectivity index (χ1) is 12.7. The normalized spacial score (nSPS) is 14.2. The number of aliphatic hydroxyl groups excluding tert-OH is 1. The van der Waals surface area contributed by atoms with Gasteiger partial charge in [-0.2, -0.15) is 5.10 Å². The number of aliphatic hydroxyl groups is 1. The molecule has 1 aromatic carbocycles. The molecule has 1 aliphatic rings. The first-order valence-corrected chi connectivity index (χ1v) is 8.66. The highest BCUT2D eigenvalue weighted by Gasteiger charge is 2.30. The predicted molar refractivity (Wildman–Crippen MR) is 96.1 cm³/mol. The molecule has 4 aromatic rings. The predicted octanol–water partition coefficient (Wildman–Crippen LogP) is 3.90.